The number of imidazole rings is 1. The van der Waals surface area contributed by atoms with E-state index in [9.17, 15) is 14.4 Å². The van der Waals surface area contributed by atoms with E-state index in [1.54, 1.807) is 70.1 Å². The number of benzene rings is 4. The Morgan fingerprint density at radius 3 is 2.14 bits per heavy atom. The maximum absolute atomic E-state index is 15.8. The van der Waals surface area contributed by atoms with Gasteiger partial charge in [0.15, 0.2) is 0 Å². The molecule has 428 valence electrons. The first-order valence-corrected chi connectivity index (χ1v) is 28.0. The van der Waals surface area contributed by atoms with Gasteiger partial charge in [0.25, 0.3) is 0 Å². The molecule has 1 aliphatic carbocycles. The number of carbonyl (C=O) groups excluding carboxylic acids is 6. The lowest BCUT2D eigenvalue weighted by Crippen LogP contribution is -2.59. The van der Waals surface area contributed by atoms with Crippen molar-refractivity contribution < 1.29 is 43.0 Å². The molecule has 2 N–H and O–H groups in total. The molecule has 7 rings (SSSR count). The van der Waals surface area contributed by atoms with Gasteiger partial charge in [-0.3, -0.25) is 28.8 Å². The number of rotatable bonds is 15. The van der Waals surface area contributed by atoms with Crippen molar-refractivity contribution in [2.45, 2.75) is 127 Å². The van der Waals surface area contributed by atoms with E-state index < -0.39 is 78.3 Å². The molecule has 1 saturated heterocycles. The van der Waals surface area contributed by atoms with Crippen LogP contribution in [0.1, 0.15) is 88.2 Å². The van der Waals surface area contributed by atoms with Crippen molar-refractivity contribution >= 4 is 58.7 Å². The number of ether oxygens (including phenoxy) is 3. The molecule has 5 amide bonds. The van der Waals surface area contributed by atoms with Crippen LogP contribution in [0.3, 0.4) is 0 Å². The molecule has 1 saturated carbocycles. The molecule has 2 fully saturated rings. The van der Waals surface area contributed by atoms with Crippen molar-refractivity contribution in [2.24, 2.45) is 13.0 Å². The van der Waals surface area contributed by atoms with E-state index in [-0.39, 0.29) is 50.0 Å². The summed E-state index contributed by atoms with van der Waals surface area (Å²) >= 11 is 13.0. The molecule has 2 heterocycles. The lowest BCUT2D eigenvalue weighted by atomic mass is 9.87. The zero-order chi connectivity index (χ0) is 57.8. The van der Waals surface area contributed by atoms with Gasteiger partial charge in [0.05, 0.1) is 50.0 Å². The highest BCUT2D eigenvalue weighted by atomic mass is 35.5. The molecule has 0 radical (unpaired) electrons. The van der Waals surface area contributed by atoms with E-state index in [0.717, 1.165) is 41.1 Å². The Morgan fingerprint density at radius 1 is 0.787 bits per heavy atom. The summed E-state index contributed by atoms with van der Waals surface area (Å²) in [6.45, 7) is 5.11. The monoisotopic (exact) mass is 1130 g/mol. The standard InChI is InChI=1S/C61H76Cl2N8O9/c1-61(2,3)80-57(74)34-51-58(75)66-49(38-78-9)60(77)68(6)46(30-40-19-24-44(62)25-20-40)33-55(72)65-48-17-13-14-18-50(48)70(8)59(76)43(29-39-15-11-10-12-16-39)31-56(73)71(51)36-42-21-26-45(63)32-53(42)79-47-27-22-41(23-28-47)52-35-64-54(69(52)7)37-67(4)5/h10-12,15-16,19-28,32,35,43,46,48-51H,13-14,17-18,29-31,33-34,36-38H2,1-9H3,(H,65,72)(H,66,75)/t43-,46+,48+,49+,50+,51+/m1/s1. The Labute approximate surface area is 480 Å². The van der Waals surface area contributed by atoms with Crippen LogP contribution < -0.4 is 15.4 Å². The van der Waals surface area contributed by atoms with E-state index in [1.165, 1.54) is 16.9 Å². The lowest BCUT2D eigenvalue weighted by Gasteiger charge is -2.40. The number of fused-ring (bicyclic) bond motifs is 1. The summed E-state index contributed by atoms with van der Waals surface area (Å²) < 4.78 is 20.0. The molecular formula is C61H76Cl2N8O9. The summed E-state index contributed by atoms with van der Waals surface area (Å²) in [5, 5.41) is 6.93. The number of hydrogen-bond donors (Lipinski definition) is 2. The third-order valence-electron chi connectivity index (χ3n) is 14.7. The number of nitrogens with zero attached hydrogens (tertiary/aromatic N) is 6. The quantitative estimate of drug-likeness (QED) is 0.0960. The summed E-state index contributed by atoms with van der Waals surface area (Å²) in [5.74, 6) is -2.92. The Morgan fingerprint density at radius 2 is 1.46 bits per heavy atom. The molecule has 1 aromatic heterocycles. The Balaban J connectivity index is 1.34. The molecule has 0 spiro atoms. The number of methoxy groups -OCH3 is 1. The molecule has 4 aromatic carbocycles. The van der Waals surface area contributed by atoms with E-state index >= 15 is 14.4 Å². The normalized spacial score (nSPS) is 21.1. The smallest absolute Gasteiger partial charge is 0.308 e. The van der Waals surface area contributed by atoms with Crippen LogP contribution in [0.4, 0.5) is 0 Å². The second-order valence-electron chi connectivity index (χ2n) is 22.3. The number of halogens is 2. The highest BCUT2D eigenvalue weighted by Gasteiger charge is 2.41. The van der Waals surface area contributed by atoms with Crippen LogP contribution in [0.2, 0.25) is 10.0 Å². The van der Waals surface area contributed by atoms with Crippen LogP contribution in [0.15, 0.2) is 103 Å². The van der Waals surface area contributed by atoms with Crippen molar-refractivity contribution in [3.63, 3.8) is 0 Å². The molecule has 0 unspecified atom stereocenters. The van der Waals surface area contributed by atoms with Crippen molar-refractivity contribution in [1.82, 2.24) is 39.8 Å². The van der Waals surface area contributed by atoms with Crippen molar-refractivity contribution in [3.05, 3.63) is 136 Å². The zero-order valence-electron chi connectivity index (χ0n) is 47.4. The maximum atomic E-state index is 15.8. The molecule has 2 aliphatic rings. The van der Waals surface area contributed by atoms with Gasteiger partial charge in [-0.15, -0.1) is 0 Å². The van der Waals surface area contributed by atoms with Gasteiger partial charge in [0, 0.05) is 74.4 Å². The predicted molar refractivity (Wildman–Crippen MR) is 308 cm³/mol. The third-order valence-corrected chi connectivity index (χ3v) is 15.2. The van der Waals surface area contributed by atoms with Gasteiger partial charge in [-0.25, -0.2) is 4.98 Å². The number of amides is 5. The summed E-state index contributed by atoms with van der Waals surface area (Å²) in [5.41, 5.74) is 2.83. The van der Waals surface area contributed by atoms with Gasteiger partial charge in [-0.05, 0) is 120 Å². The number of hydrogen-bond acceptors (Lipinski definition) is 11. The van der Waals surface area contributed by atoms with Crippen molar-refractivity contribution in [1.29, 1.82) is 0 Å². The molecule has 0 bridgehead atoms. The van der Waals surface area contributed by atoms with Gasteiger partial charge in [0.2, 0.25) is 29.5 Å². The second kappa shape index (κ2) is 27.6. The number of esters is 1. The number of likely N-dealkylation sites (N-methyl/N-ethyl adjacent to an activating group) is 2. The molecule has 5 aromatic rings. The zero-order valence-corrected chi connectivity index (χ0v) is 48.9. The molecular weight excluding hydrogens is 1060 g/mol. The SMILES string of the molecule is COC[C@@H]1NC(=O)[C@H](CC(=O)OC(C)(C)C)N(Cc2ccc(Cl)cc2Oc2ccc(-c3cnc(CN(C)C)n3C)cc2)C(=O)C[C@@H](Cc2ccccc2)C(=O)N(C)[C@H]2CCCC[C@@H]2NC(=O)C[C@H](Cc2ccc(Cl)cc2)N(C)C1=O. The maximum Gasteiger partial charge on any atom is 0.308 e. The first-order chi connectivity index (χ1) is 38.1. The van der Waals surface area contributed by atoms with Gasteiger partial charge >= 0.3 is 5.97 Å². The van der Waals surface area contributed by atoms with Crippen molar-refractivity contribution in [3.8, 4) is 22.8 Å². The van der Waals surface area contributed by atoms with Crippen LogP contribution in [0.5, 0.6) is 11.5 Å². The number of aromatic nitrogens is 2. The van der Waals surface area contributed by atoms with Crippen LogP contribution in [0, 0.1) is 5.92 Å². The lowest BCUT2D eigenvalue weighted by molar-refractivity contribution is -0.160. The van der Waals surface area contributed by atoms with Gasteiger partial charge in [-0.2, -0.15) is 0 Å². The molecule has 17 nitrogen and oxygen atoms in total. The second-order valence-corrected chi connectivity index (χ2v) is 23.2. The fourth-order valence-corrected chi connectivity index (χ4v) is 10.9. The summed E-state index contributed by atoms with van der Waals surface area (Å²) in [6, 6.07) is 24.3. The average molecular weight is 1140 g/mol. The molecule has 19 heteroatoms. The summed E-state index contributed by atoms with van der Waals surface area (Å²) in [4.78, 5) is 101. The average Bonchev–Trinajstić information content (AvgIpc) is 3.77. The molecule has 80 heavy (non-hydrogen) atoms. The van der Waals surface area contributed by atoms with E-state index in [1.807, 2.05) is 104 Å². The largest absolute Gasteiger partial charge is 0.460 e. The highest BCUT2D eigenvalue weighted by molar-refractivity contribution is 6.31. The topological polar surface area (TPSA) is 185 Å². The first kappa shape index (κ1) is 60.8. The van der Waals surface area contributed by atoms with Gasteiger partial charge in [-0.1, -0.05) is 84.6 Å². The van der Waals surface area contributed by atoms with Crippen molar-refractivity contribution in [2.75, 3.05) is 41.9 Å². The number of carbonyl (C=O) groups is 6. The van der Waals surface area contributed by atoms with Gasteiger partial charge < -0.3 is 49.0 Å². The molecule has 1 aliphatic heterocycles. The Bertz CT molecular complexity index is 2950. The van der Waals surface area contributed by atoms with Crippen LogP contribution >= 0.6 is 23.2 Å². The minimum Gasteiger partial charge on any atom is -0.460 e. The van der Waals surface area contributed by atoms with Crippen LogP contribution in [-0.4, -0.2) is 142 Å². The molecule has 6 atom stereocenters. The van der Waals surface area contributed by atoms with Crippen LogP contribution in [-0.2, 0) is 71.2 Å². The summed E-state index contributed by atoms with van der Waals surface area (Å²) in [7, 11) is 10.6. The predicted octanol–water partition coefficient (Wildman–Crippen LogP) is 8.42. The third kappa shape index (κ3) is 16.4. The summed E-state index contributed by atoms with van der Waals surface area (Å²) in [6.07, 6.45) is 3.89. The highest BCUT2D eigenvalue weighted by Crippen LogP contribution is 2.34. The Kier molecular flexibility index (Phi) is 21.0. The van der Waals surface area contributed by atoms with Crippen LogP contribution in [0.25, 0.3) is 11.3 Å². The number of nitrogens with one attached hydrogen (secondary N) is 2. The minimum absolute atomic E-state index is 0.114. The fourth-order valence-electron chi connectivity index (χ4n) is 10.6. The first-order valence-electron chi connectivity index (χ1n) is 27.2. The fraction of sp³-hybridized carbons (Fsp3) is 0.459. The Hall–Kier alpha value is -6.79. The van der Waals surface area contributed by atoms with Gasteiger partial charge in [0.1, 0.15) is 35.0 Å². The van der Waals surface area contributed by atoms with E-state index in [2.05, 4.69) is 15.6 Å². The van der Waals surface area contributed by atoms with E-state index in [4.69, 9.17) is 37.4 Å². The minimum atomic E-state index is -1.63. The van der Waals surface area contributed by atoms with E-state index in [0.29, 0.717) is 40.7 Å².